The molecule has 9 heteroatoms. The molecule has 2 bridgehead atoms. The minimum absolute atomic E-state index is 0.0311. The first-order valence-electron chi connectivity index (χ1n) is 19.1. The van der Waals surface area contributed by atoms with Crippen LogP contribution in [0.25, 0.3) is 0 Å². The predicted molar refractivity (Wildman–Crippen MR) is 196 cm³/mol. The van der Waals surface area contributed by atoms with Crippen LogP contribution in [0.2, 0.25) is 5.82 Å². The number of carbonyl (C=O) groups excluding carboxylic acids is 2. The van der Waals surface area contributed by atoms with E-state index in [1.165, 1.54) is 6.42 Å². The number of Topliss-reactive ketones (excluding diaryl/α,β-unsaturated/α-hetero) is 1. The molecule has 2 aromatic rings. The topological polar surface area (TPSA) is 96.0 Å². The Bertz CT molecular complexity index is 1490. The van der Waals surface area contributed by atoms with Crippen molar-refractivity contribution in [3.63, 3.8) is 0 Å². The number of nitrogens with zero attached hydrogens (tertiary/aromatic N) is 1. The van der Waals surface area contributed by atoms with E-state index in [4.69, 9.17) is 18.8 Å². The van der Waals surface area contributed by atoms with Gasteiger partial charge in [-0.2, -0.15) is 0 Å². The second-order valence-corrected chi connectivity index (χ2v) is 17.3. The number of ketones is 1. The molecule has 0 radical (unpaired) electrons. The summed E-state index contributed by atoms with van der Waals surface area (Å²) in [5, 5.41) is 3.75. The molecule has 1 aromatic carbocycles. The first-order chi connectivity index (χ1) is 23.8. The summed E-state index contributed by atoms with van der Waals surface area (Å²) >= 11 is 0. The summed E-state index contributed by atoms with van der Waals surface area (Å²) in [4.78, 5) is 31.5. The van der Waals surface area contributed by atoms with Gasteiger partial charge in [-0.3, -0.25) is 9.78 Å². The molecule has 1 aliphatic heterocycles. The van der Waals surface area contributed by atoms with Crippen molar-refractivity contribution < 1.29 is 28.4 Å². The third kappa shape index (κ3) is 8.15. The monoisotopic (exact) mass is 686 g/mol. The molecule has 7 rings (SSSR count). The molecule has 5 aliphatic rings. The maximum atomic E-state index is 13.9. The predicted octanol–water partition coefficient (Wildman–Crippen LogP) is 7.82. The highest BCUT2D eigenvalue weighted by Gasteiger charge is 2.68. The summed E-state index contributed by atoms with van der Waals surface area (Å²) in [6.45, 7) is 13.5. The Morgan fingerprint density at radius 2 is 1.84 bits per heavy atom. The van der Waals surface area contributed by atoms with Gasteiger partial charge in [0.05, 0.1) is 18.8 Å². The van der Waals surface area contributed by atoms with Crippen molar-refractivity contribution in [2.75, 3.05) is 13.7 Å². The number of nitrogens with one attached hydrogen (secondary N) is 1. The number of aromatic nitrogens is 1. The van der Waals surface area contributed by atoms with Crippen molar-refractivity contribution in [3.05, 3.63) is 59.4 Å². The Kier molecular flexibility index (Phi) is 11.2. The van der Waals surface area contributed by atoms with Gasteiger partial charge in [-0.25, -0.2) is 4.79 Å². The minimum atomic E-state index is -0.631. The Morgan fingerprint density at radius 1 is 1.06 bits per heavy atom. The molecule has 4 aliphatic carbocycles. The number of hydrogen-bond donors (Lipinski definition) is 1. The van der Waals surface area contributed by atoms with Crippen LogP contribution in [0.3, 0.4) is 0 Å². The number of benzene rings is 1. The van der Waals surface area contributed by atoms with Crippen LogP contribution in [-0.4, -0.2) is 60.9 Å². The smallest absolute Gasteiger partial charge is 0.461 e. The van der Waals surface area contributed by atoms with E-state index in [1.54, 1.807) is 13.2 Å². The van der Waals surface area contributed by atoms with Gasteiger partial charge in [-0.1, -0.05) is 32.0 Å². The lowest BCUT2D eigenvalue weighted by atomic mass is 9.43. The summed E-state index contributed by atoms with van der Waals surface area (Å²) in [7, 11) is 1.09. The number of para-hydroxylation sites is 1. The first-order valence-corrected chi connectivity index (χ1v) is 19.1. The van der Waals surface area contributed by atoms with E-state index >= 15 is 0 Å². The lowest BCUT2D eigenvalue weighted by Crippen LogP contribution is -2.65. The standard InChI is InChI=1S/C41H59BN2O6/c1-39(2,3)48-38(46)34-15-10-12-28(37(34)47-7)23-30(42-49-36-25-29-24-35(40(29,4)5)41(36,6)50-42)26-33(45)22-27-16-18-32(19-17-27)44-21-11-14-31-13-8-9-20-43-31/h8-10,12-13,15,20,27,29-30,32,35-36,44H,11,14,16-19,21-26H2,1-7H3/t27?,29-,30-,32?,35-,36+,41-/m0/s1. The summed E-state index contributed by atoms with van der Waals surface area (Å²) < 4.78 is 25.3. The van der Waals surface area contributed by atoms with Gasteiger partial charge < -0.3 is 24.1 Å². The molecule has 1 N–H and O–H groups in total. The number of pyridine rings is 1. The van der Waals surface area contributed by atoms with Crippen molar-refractivity contribution >= 4 is 18.9 Å². The fraction of sp³-hybridized carbons (Fsp3) is 0.683. The summed E-state index contributed by atoms with van der Waals surface area (Å²) in [6.07, 6.45) is 11.9. The van der Waals surface area contributed by atoms with Crippen molar-refractivity contribution in [2.45, 2.75) is 141 Å². The quantitative estimate of drug-likeness (QED) is 0.122. The van der Waals surface area contributed by atoms with E-state index in [0.29, 0.717) is 54.4 Å². The van der Waals surface area contributed by atoms with Gasteiger partial charge in [0.1, 0.15) is 22.7 Å². The molecular formula is C41H59BN2O6. The molecule has 0 spiro atoms. The minimum Gasteiger partial charge on any atom is -0.496 e. The van der Waals surface area contributed by atoms with Crippen LogP contribution in [0, 0.1) is 23.2 Å². The molecule has 2 heterocycles. The molecule has 5 fully saturated rings. The van der Waals surface area contributed by atoms with Gasteiger partial charge in [0.2, 0.25) is 0 Å². The molecule has 0 unspecified atom stereocenters. The molecule has 1 aromatic heterocycles. The van der Waals surface area contributed by atoms with Gasteiger partial charge in [-0.05, 0) is 139 Å². The van der Waals surface area contributed by atoms with Gasteiger partial charge in [-0.15, -0.1) is 0 Å². The number of methoxy groups -OCH3 is 1. The molecule has 5 atom stereocenters. The highest BCUT2D eigenvalue weighted by molar-refractivity contribution is 6.48. The number of aryl methyl sites for hydroxylation is 1. The maximum absolute atomic E-state index is 13.9. The summed E-state index contributed by atoms with van der Waals surface area (Å²) in [5.41, 5.74) is 1.63. The zero-order chi connectivity index (χ0) is 35.7. The highest BCUT2D eigenvalue weighted by Crippen LogP contribution is 2.66. The fourth-order valence-corrected chi connectivity index (χ4v) is 9.52. The number of esters is 1. The van der Waals surface area contributed by atoms with Crippen molar-refractivity contribution in [1.82, 2.24) is 10.3 Å². The molecular weight excluding hydrogens is 627 g/mol. The zero-order valence-electron chi connectivity index (χ0n) is 31.5. The van der Waals surface area contributed by atoms with Gasteiger partial charge >= 0.3 is 13.1 Å². The van der Waals surface area contributed by atoms with E-state index in [-0.39, 0.29) is 28.7 Å². The third-order valence-electron chi connectivity index (χ3n) is 12.4. The molecule has 272 valence electrons. The molecule has 8 nitrogen and oxygen atoms in total. The molecule has 4 saturated carbocycles. The Morgan fingerprint density at radius 3 is 2.52 bits per heavy atom. The summed E-state index contributed by atoms with van der Waals surface area (Å²) in [5.74, 6) is 1.61. The van der Waals surface area contributed by atoms with Crippen LogP contribution in [-0.2, 0) is 31.7 Å². The number of rotatable bonds is 14. The Balaban J connectivity index is 1.10. The van der Waals surface area contributed by atoms with Crippen molar-refractivity contribution in [3.8, 4) is 5.75 Å². The largest absolute Gasteiger partial charge is 0.496 e. The van der Waals surface area contributed by atoms with Crippen molar-refractivity contribution in [1.29, 1.82) is 0 Å². The fourth-order valence-electron chi connectivity index (χ4n) is 9.52. The van der Waals surface area contributed by atoms with E-state index in [0.717, 1.165) is 62.7 Å². The van der Waals surface area contributed by atoms with E-state index in [2.05, 4.69) is 37.1 Å². The van der Waals surface area contributed by atoms with Gasteiger partial charge in [0.25, 0.3) is 0 Å². The zero-order valence-corrected chi connectivity index (χ0v) is 31.5. The van der Waals surface area contributed by atoms with Crippen molar-refractivity contribution in [2.24, 2.45) is 23.2 Å². The maximum Gasteiger partial charge on any atom is 0.461 e. The second-order valence-electron chi connectivity index (χ2n) is 17.3. The molecule has 50 heavy (non-hydrogen) atoms. The first kappa shape index (κ1) is 37.0. The van der Waals surface area contributed by atoms with Crippen LogP contribution >= 0.6 is 0 Å². The number of hydrogen-bond acceptors (Lipinski definition) is 8. The lowest BCUT2D eigenvalue weighted by molar-refractivity contribution is -0.199. The van der Waals surface area contributed by atoms with Crippen LogP contribution < -0.4 is 10.1 Å². The molecule has 1 saturated heterocycles. The second kappa shape index (κ2) is 15.1. The highest BCUT2D eigenvalue weighted by atomic mass is 16.7. The van der Waals surface area contributed by atoms with E-state index < -0.39 is 18.7 Å². The Hall–Kier alpha value is -2.75. The van der Waals surface area contributed by atoms with Crippen LogP contribution in [0.1, 0.15) is 121 Å². The number of carbonyl (C=O) groups is 2. The summed E-state index contributed by atoms with van der Waals surface area (Å²) in [6, 6.07) is 12.2. The SMILES string of the molecule is COc1c(C[C@@H](CC(=O)CC2CCC(NCCCc3ccccn3)CC2)B2O[C@@H]3C[C@@H]4C[C@@H](C4(C)C)[C@]3(C)O2)cccc1C(=O)OC(C)(C)C. The average molecular weight is 687 g/mol. The Labute approximate surface area is 300 Å². The molecule has 0 amide bonds. The van der Waals surface area contributed by atoms with Crippen LogP contribution in [0.5, 0.6) is 5.75 Å². The van der Waals surface area contributed by atoms with Gasteiger partial charge in [0, 0.05) is 36.6 Å². The third-order valence-corrected chi connectivity index (χ3v) is 12.4. The normalized spacial score (nSPS) is 29.1. The lowest BCUT2D eigenvalue weighted by Gasteiger charge is -2.64. The average Bonchev–Trinajstić information content (AvgIpc) is 3.44. The van der Waals surface area contributed by atoms with E-state index in [1.807, 2.05) is 51.2 Å². The van der Waals surface area contributed by atoms with E-state index in [9.17, 15) is 9.59 Å². The van der Waals surface area contributed by atoms with Crippen LogP contribution in [0.15, 0.2) is 42.6 Å². The van der Waals surface area contributed by atoms with Crippen LogP contribution in [0.4, 0.5) is 0 Å². The number of ether oxygens (including phenoxy) is 2. The van der Waals surface area contributed by atoms with Gasteiger partial charge in [0.15, 0.2) is 0 Å².